The summed E-state index contributed by atoms with van der Waals surface area (Å²) in [4.78, 5) is 19.0. The van der Waals surface area contributed by atoms with E-state index in [1.807, 2.05) is 0 Å². The Morgan fingerprint density at radius 3 is 2.85 bits per heavy atom. The number of methoxy groups -OCH3 is 1. The maximum atomic E-state index is 13.9. The van der Waals surface area contributed by atoms with Crippen molar-refractivity contribution in [2.75, 3.05) is 31.8 Å². The third-order valence-corrected chi connectivity index (χ3v) is 7.04. The predicted octanol–water partition coefficient (Wildman–Crippen LogP) is 2.22. The van der Waals surface area contributed by atoms with Crippen LogP contribution in [-0.2, 0) is 14.6 Å². The molecule has 140 valence electrons. The van der Waals surface area contributed by atoms with Crippen molar-refractivity contribution in [2.24, 2.45) is 0 Å². The quantitative estimate of drug-likeness (QED) is 0.746. The molecule has 2 heterocycles. The van der Waals surface area contributed by atoms with E-state index in [9.17, 15) is 17.6 Å². The molecule has 0 radical (unpaired) electrons. The molecule has 0 spiro atoms. The van der Waals surface area contributed by atoms with Gasteiger partial charge in [-0.15, -0.1) is 11.3 Å². The van der Waals surface area contributed by atoms with Crippen LogP contribution in [0.1, 0.15) is 16.1 Å². The van der Waals surface area contributed by atoms with Gasteiger partial charge in [0, 0.05) is 25.3 Å². The van der Waals surface area contributed by atoms with E-state index in [-0.39, 0.29) is 23.5 Å². The fraction of sp³-hybridized carbons (Fsp3) is 0.412. The maximum Gasteiger partial charge on any atom is 0.265 e. The summed E-state index contributed by atoms with van der Waals surface area (Å²) in [6.07, 6.45) is 1.83. The number of hydrogen-bond acceptors (Lipinski definition) is 6. The number of carbonyl (C=O) groups excluding carboxylic acids is 1. The maximum absolute atomic E-state index is 13.9. The Morgan fingerprint density at radius 2 is 2.19 bits per heavy atom. The molecule has 0 N–H and O–H groups in total. The molecule has 1 aromatic heterocycles. The Bertz CT molecular complexity index is 898. The largest absolute Gasteiger partial charge is 0.383 e. The summed E-state index contributed by atoms with van der Waals surface area (Å²) in [5, 5.41) is 0.414. The molecule has 2 aromatic rings. The van der Waals surface area contributed by atoms with Crippen molar-refractivity contribution in [1.29, 1.82) is 0 Å². The van der Waals surface area contributed by atoms with Crippen LogP contribution in [0.2, 0.25) is 0 Å². The van der Waals surface area contributed by atoms with Gasteiger partial charge < -0.3 is 9.64 Å². The Labute approximate surface area is 155 Å². The number of nitrogens with zero attached hydrogens (tertiary/aromatic N) is 2. The van der Waals surface area contributed by atoms with E-state index in [2.05, 4.69) is 4.98 Å². The van der Waals surface area contributed by atoms with Gasteiger partial charge in [0.05, 0.1) is 24.3 Å². The third-order valence-electron chi connectivity index (χ3n) is 4.27. The molecule has 0 bridgehead atoms. The van der Waals surface area contributed by atoms with Gasteiger partial charge in [-0.05, 0) is 18.6 Å². The number of benzene rings is 1. The minimum Gasteiger partial charge on any atom is -0.383 e. The summed E-state index contributed by atoms with van der Waals surface area (Å²) < 4.78 is 42.6. The van der Waals surface area contributed by atoms with Crippen LogP contribution >= 0.6 is 11.3 Å². The van der Waals surface area contributed by atoms with Gasteiger partial charge in [-0.3, -0.25) is 4.79 Å². The van der Waals surface area contributed by atoms with Gasteiger partial charge in [0.25, 0.3) is 5.91 Å². The summed E-state index contributed by atoms with van der Waals surface area (Å²) in [7, 11) is -1.60. The van der Waals surface area contributed by atoms with Crippen LogP contribution in [0.15, 0.2) is 30.5 Å². The normalized spacial score (nSPS) is 18.8. The van der Waals surface area contributed by atoms with Gasteiger partial charge in [0.15, 0.2) is 9.84 Å². The molecular weight excluding hydrogens is 379 g/mol. The number of carbonyl (C=O) groups is 1. The lowest BCUT2D eigenvalue weighted by Gasteiger charge is -2.27. The highest BCUT2D eigenvalue weighted by atomic mass is 32.2. The Kier molecular flexibility index (Phi) is 5.69. The highest BCUT2D eigenvalue weighted by molar-refractivity contribution is 7.91. The van der Waals surface area contributed by atoms with Gasteiger partial charge in [-0.1, -0.05) is 12.1 Å². The summed E-state index contributed by atoms with van der Waals surface area (Å²) >= 11 is 1.10. The van der Waals surface area contributed by atoms with Crippen molar-refractivity contribution < 1.29 is 22.3 Å². The number of aromatic nitrogens is 1. The molecule has 1 aliphatic heterocycles. The first kappa shape index (κ1) is 18.9. The Morgan fingerprint density at radius 1 is 1.42 bits per heavy atom. The zero-order chi connectivity index (χ0) is 18.7. The summed E-state index contributed by atoms with van der Waals surface area (Å²) in [5.74, 6) is -0.665. The van der Waals surface area contributed by atoms with Crippen molar-refractivity contribution >= 4 is 27.1 Å². The highest BCUT2D eigenvalue weighted by Gasteiger charge is 2.35. The lowest BCUT2D eigenvalue weighted by Crippen LogP contribution is -2.42. The molecule has 0 saturated carbocycles. The van der Waals surface area contributed by atoms with Crippen LogP contribution < -0.4 is 0 Å². The second-order valence-corrected chi connectivity index (χ2v) is 9.32. The molecule has 1 saturated heterocycles. The van der Waals surface area contributed by atoms with Crippen molar-refractivity contribution in [3.05, 3.63) is 41.2 Å². The van der Waals surface area contributed by atoms with Gasteiger partial charge in [-0.2, -0.15) is 0 Å². The van der Waals surface area contributed by atoms with E-state index in [0.29, 0.717) is 35.0 Å². The smallest absolute Gasteiger partial charge is 0.265 e. The van der Waals surface area contributed by atoms with Crippen molar-refractivity contribution in [1.82, 2.24) is 9.88 Å². The van der Waals surface area contributed by atoms with Gasteiger partial charge in [0.1, 0.15) is 15.7 Å². The minimum atomic E-state index is -3.12. The molecule has 1 fully saturated rings. The molecule has 0 aliphatic carbocycles. The van der Waals surface area contributed by atoms with Crippen molar-refractivity contribution in [3.8, 4) is 10.6 Å². The molecule has 1 aromatic carbocycles. The van der Waals surface area contributed by atoms with Crippen molar-refractivity contribution in [3.63, 3.8) is 0 Å². The molecule has 1 atom stereocenters. The number of ether oxygens (including phenoxy) is 1. The molecule has 1 aliphatic rings. The molecule has 1 unspecified atom stereocenters. The molecular formula is C17H19FN2O4S2. The molecule has 1 amide bonds. The average molecular weight is 398 g/mol. The van der Waals surface area contributed by atoms with Crippen LogP contribution in [0.3, 0.4) is 0 Å². The number of hydrogen-bond donors (Lipinski definition) is 0. The summed E-state index contributed by atoms with van der Waals surface area (Å²) in [6.45, 7) is 0.601. The average Bonchev–Trinajstić information content (AvgIpc) is 3.22. The minimum absolute atomic E-state index is 0.0402. The van der Waals surface area contributed by atoms with Gasteiger partial charge in [0.2, 0.25) is 0 Å². The van der Waals surface area contributed by atoms with Gasteiger partial charge in [-0.25, -0.2) is 17.8 Å². The molecule has 26 heavy (non-hydrogen) atoms. The first-order chi connectivity index (χ1) is 12.4. The predicted molar refractivity (Wildman–Crippen MR) is 97.5 cm³/mol. The van der Waals surface area contributed by atoms with Crippen LogP contribution in [0.25, 0.3) is 10.6 Å². The van der Waals surface area contributed by atoms with Gasteiger partial charge >= 0.3 is 0 Å². The Balaban J connectivity index is 1.84. The van der Waals surface area contributed by atoms with E-state index < -0.39 is 15.7 Å². The summed E-state index contributed by atoms with van der Waals surface area (Å²) in [5.41, 5.74) is 0.337. The van der Waals surface area contributed by atoms with Crippen LogP contribution in [-0.4, -0.2) is 62.0 Å². The monoisotopic (exact) mass is 398 g/mol. The SMILES string of the molecule is COCCN(C(=O)c1cnc(-c2ccccc2F)s1)C1CCS(=O)(=O)C1. The molecule has 6 nitrogen and oxygen atoms in total. The van der Waals surface area contributed by atoms with E-state index in [4.69, 9.17) is 4.74 Å². The van der Waals surface area contributed by atoms with Crippen LogP contribution in [0.4, 0.5) is 4.39 Å². The number of amides is 1. The standard InChI is InChI=1S/C17H19FN2O4S2/c1-24-8-7-20(12-6-9-26(22,23)11-12)17(21)15-10-19-16(25-15)13-4-2-3-5-14(13)18/h2-5,10,12H,6-9,11H2,1H3. The van der Waals surface area contributed by atoms with Crippen LogP contribution in [0, 0.1) is 5.82 Å². The number of halogens is 1. The van der Waals surface area contributed by atoms with E-state index in [0.717, 1.165) is 11.3 Å². The molecule has 9 heteroatoms. The zero-order valence-corrected chi connectivity index (χ0v) is 15.9. The lowest BCUT2D eigenvalue weighted by atomic mass is 10.2. The second kappa shape index (κ2) is 7.81. The topological polar surface area (TPSA) is 76.6 Å². The fourth-order valence-electron chi connectivity index (χ4n) is 2.93. The number of sulfone groups is 1. The van der Waals surface area contributed by atoms with E-state index in [1.54, 1.807) is 18.2 Å². The first-order valence-electron chi connectivity index (χ1n) is 8.12. The Hall–Kier alpha value is -1.84. The van der Waals surface area contributed by atoms with Crippen LogP contribution in [0.5, 0.6) is 0 Å². The van der Waals surface area contributed by atoms with E-state index >= 15 is 0 Å². The molecule has 3 rings (SSSR count). The lowest BCUT2D eigenvalue weighted by molar-refractivity contribution is 0.0629. The van der Waals surface area contributed by atoms with Crippen molar-refractivity contribution in [2.45, 2.75) is 12.5 Å². The first-order valence-corrected chi connectivity index (χ1v) is 10.8. The summed E-state index contributed by atoms with van der Waals surface area (Å²) in [6, 6.07) is 5.86. The second-order valence-electron chi connectivity index (χ2n) is 6.06. The number of thiazole rings is 1. The zero-order valence-electron chi connectivity index (χ0n) is 14.2. The highest BCUT2D eigenvalue weighted by Crippen LogP contribution is 2.29. The fourth-order valence-corrected chi connectivity index (χ4v) is 5.56. The van der Waals surface area contributed by atoms with E-state index in [1.165, 1.54) is 24.3 Å². The third kappa shape index (κ3) is 4.11. The number of rotatable bonds is 6.